The lowest BCUT2D eigenvalue weighted by Crippen LogP contribution is -2.25. The molecular formula is C12H17N3O2. The third-order valence-electron chi connectivity index (χ3n) is 3.47. The second kappa shape index (κ2) is 4.14. The van der Waals surface area contributed by atoms with Gasteiger partial charge in [-0.3, -0.25) is 9.48 Å². The number of hydrogen-bond donors (Lipinski definition) is 1. The maximum atomic E-state index is 11.6. The summed E-state index contributed by atoms with van der Waals surface area (Å²) in [5.74, 6) is 0.423. The number of rotatable bonds is 3. The first-order chi connectivity index (χ1) is 8.25. The van der Waals surface area contributed by atoms with Gasteiger partial charge in [-0.15, -0.1) is 0 Å². The SMILES string of the molecule is Cn1nc(CNC(=O)C2CC2)c2c1CCOC2. The Kier molecular flexibility index (Phi) is 2.63. The van der Waals surface area contributed by atoms with Crippen LogP contribution in [0.2, 0.25) is 0 Å². The van der Waals surface area contributed by atoms with Gasteiger partial charge in [0.05, 0.1) is 25.5 Å². The molecule has 17 heavy (non-hydrogen) atoms. The molecule has 1 N–H and O–H groups in total. The van der Waals surface area contributed by atoms with Gasteiger partial charge in [-0.25, -0.2) is 0 Å². The number of fused-ring (bicyclic) bond motifs is 1. The van der Waals surface area contributed by atoms with E-state index in [9.17, 15) is 4.79 Å². The van der Waals surface area contributed by atoms with Gasteiger partial charge in [0.2, 0.25) is 5.91 Å². The Bertz CT molecular complexity index is 449. The van der Waals surface area contributed by atoms with Crippen LogP contribution < -0.4 is 5.32 Å². The summed E-state index contributed by atoms with van der Waals surface area (Å²) < 4.78 is 7.36. The van der Waals surface area contributed by atoms with Crippen LogP contribution in [-0.2, 0) is 36.2 Å². The predicted molar refractivity (Wildman–Crippen MR) is 61.1 cm³/mol. The van der Waals surface area contributed by atoms with Crippen molar-refractivity contribution in [2.45, 2.75) is 32.4 Å². The summed E-state index contributed by atoms with van der Waals surface area (Å²) in [4.78, 5) is 11.6. The van der Waals surface area contributed by atoms with E-state index in [1.807, 2.05) is 11.7 Å². The fourth-order valence-corrected chi connectivity index (χ4v) is 2.29. The van der Waals surface area contributed by atoms with Gasteiger partial charge in [0, 0.05) is 30.6 Å². The standard InChI is InChI=1S/C12H17N3O2/c1-15-11-4-5-17-7-9(11)10(14-15)6-13-12(16)8-2-3-8/h8H,2-7H2,1H3,(H,13,16). The average Bonchev–Trinajstić information content (AvgIpc) is 3.14. The molecule has 2 heterocycles. The normalized spacial score (nSPS) is 18.9. The second-order valence-electron chi connectivity index (χ2n) is 4.79. The summed E-state index contributed by atoms with van der Waals surface area (Å²) in [6.07, 6.45) is 2.99. The minimum absolute atomic E-state index is 0.168. The van der Waals surface area contributed by atoms with E-state index in [4.69, 9.17) is 4.74 Å². The van der Waals surface area contributed by atoms with Crippen LogP contribution >= 0.6 is 0 Å². The summed E-state index contributed by atoms with van der Waals surface area (Å²) >= 11 is 0. The van der Waals surface area contributed by atoms with Crippen molar-refractivity contribution in [2.24, 2.45) is 13.0 Å². The van der Waals surface area contributed by atoms with Gasteiger partial charge in [0.1, 0.15) is 0 Å². The lowest BCUT2D eigenvalue weighted by Gasteiger charge is -2.13. The molecule has 0 atom stereocenters. The van der Waals surface area contributed by atoms with Gasteiger partial charge in [0.15, 0.2) is 0 Å². The largest absolute Gasteiger partial charge is 0.376 e. The number of carbonyl (C=O) groups excluding carboxylic acids is 1. The third kappa shape index (κ3) is 2.07. The fraction of sp³-hybridized carbons (Fsp3) is 0.667. The Labute approximate surface area is 100 Å². The zero-order valence-electron chi connectivity index (χ0n) is 10.0. The number of nitrogens with one attached hydrogen (secondary N) is 1. The fourth-order valence-electron chi connectivity index (χ4n) is 2.29. The molecule has 0 bridgehead atoms. The first-order valence-electron chi connectivity index (χ1n) is 6.15. The molecule has 92 valence electrons. The molecule has 0 saturated heterocycles. The number of carbonyl (C=O) groups is 1. The Balaban J connectivity index is 1.71. The van der Waals surface area contributed by atoms with Crippen molar-refractivity contribution in [3.8, 4) is 0 Å². The molecule has 0 radical (unpaired) electrons. The van der Waals surface area contributed by atoms with E-state index >= 15 is 0 Å². The molecule has 5 nitrogen and oxygen atoms in total. The average molecular weight is 235 g/mol. The molecule has 0 unspecified atom stereocenters. The summed E-state index contributed by atoms with van der Waals surface area (Å²) in [6.45, 7) is 1.92. The van der Waals surface area contributed by atoms with E-state index in [-0.39, 0.29) is 11.8 Å². The van der Waals surface area contributed by atoms with E-state index < -0.39 is 0 Å². The monoisotopic (exact) mass is 235 g/mol. The molecule has 1 fully saturated rings. The molecule has 0 spiro atoms. The van der Waals surface area contributed by atoms with Gasteiger partial charge in [0.25, 0.3) is 0 Å². The maximum Gasteiger partial charge on any atom is 0.223 e. The van der Waals surface area contributed by atoms with Crippen LogP contribution in [0.4, 0.5) is 0 Å². The second-order valence-corrected chi connectivity index (χ2v) is 4.79. The van der Waals surface area contributed by atoms with Crippen LogP contribution in [0.15, 0.2) is 0 Å². The molecule has 1 aliphatic heterocycles. The molecule has 1 aromatic heterocycles. The zero-order chi connectivity index (χ0) is 11.8. The van der Waals surface area contributed by atoms with Crippen LogP contribution in [0.1, 0.15) is 29.8 Å². The highest BCUT2D eigenvalue weighted by atomic mass is 16.5. The smallest absolute Gasteiger partial charge is 0.223 e. The van der Waals surface area contributed by atoms with Crippen molar-refractivity contribution in [3.05, 3.63) is 17.0 Å². The third-order valence-corrected chi connectivity index (χ3v) is 3.47. The molecule has 2 aliphatic rings. The Morgan fingerprint density at radius 1 is 1.59 bits per heavy atom. The van der Waals surface area contributed by atoms with Crippen LogP contribution in [0, 0.1) is 5.92 Å². The molecule has 1 amide bonds. The topological polar surface area (TPSA) is 56.2 Å². The van der Waals surface area contributed by atoms with Crippen molar-refractivity contribution in [2.75, 3.05) is 6.61 Å². The summed E-state index contributed by atoms with van der Waals surface area (Å²) in [5, 5.41) is 7.42. The first-order valence-corrected chi connectivity index (χ1v) is 6.15. The molecule has 5 heteroatoms. The van der Waals surface area contributed by atoms with E-state index in [2.05, 4.69) is 10.4 Å². The number of nitrogens with zero attached hydrogens (tertiary/aromatic N) is 2. The lowest BCUT2D eigenvalue weighted by molar-refractivity contribution is -0.122. The molecule has 0 aromatic carbocycles. The van der Waals surface area contributed by atoms with Gasteiger partial charge in [-0.1, -0.05) is 0 Å². The van der Waals surface area contributed by atoms with Gasteiger partial charge < -0.3 is 10.1 Å². The number of hydrogen-bond acceptors (Lipinski definition) is 3. The van der Waals surface area contributed by atoms with Gasteiger partial charge >= 0.3 is 0 Å². The van der Waals surface area contributed by atoms with Crippen LogP contribution in [0.3, 0.4) is 0 Å². The predicted octanol–water partition coefficient (Wildman–Crippen LogP) is 0.519. The molecule has 3 rings (SSSR count). The minimum atomic E-state index is 0.168. The zero-order valence-corrected chi connectivity index (χ0v) is 10.0. The van der Waals surface area contributed by atoms with E-state index in [0.29, 0.717) is 13.2 Å². The summed E-state index contributed by atoms with van der Waals surface area (Å²) in [5.41, 5.74) is 3.36. The number of ether oxygens (including phenoxy) is 1. The van der Waals surface area contributed by atoms with Gasteiger partial charge in [-0.2, -0.15) is 5.10 Å². The summed E-state index contributed by atoms with van der Waals surface area (Å²) in [7, 11) is 1.95. The number of amides is 1. The Morgan fingerprint density at radius 3 is 3.18 bits per heavy atom. The quantitative estimate of drug-likeness (QED) is 0.831. The number of aryl methyl sites for hydroxylation is 1. The highest BCUT2D eigenvalue weighted by Crippen LogP contribution is 2.29. The maximum absolute atomic E-state index is 11.6. The molecule has 1 aromatic rings. The van der Waals surface area contributed by atoms with Crippen LogP contribution in [-0.4, -0.2) is 22.3 Å². The minimum Gasteiger partial charge on any atom is -0.376 e. The van der Waals surface area contributed by atoms with E-state index in [0.717, 1.165) is 37.1 Å². The molecule has 1 saturated carbocycles. The Hall–Kier alpha value is -1.36. The van der Waals surface area contributed by atoms with Crippen LogP contribution in [0.5, 0.6) is 0 Å². The highest BCUT2D eigenvalue weighted by Gasteiger charge is 2.29. The summed E-state index contributed by atoms with van der Waals surface area (Å²) in [6, 6.07) is 0. The molecule has 1 aliphatic carbocycles. The van der Waals surface area contributed by atoms with Crippen molar-refractivity contribution >= 4 is 5.91 Å². The highest BCUT2D eigenvalue weighted by molar-refractivity contribution is 5.80. The van der Waals surface area contributed by atoms with Crippen molar-refractivity contribution < 1.29 is 9.53 Å². The number of aromatic nitrogens is 2. The van der Waals surface area contributed by atoms with E-state index in [1.165, 1.54) is 5.69 Å². The Morgan fingerprint density at radius 2 is 2.41 bits per heavy atom. The van der Waals surface area contributed by atoms with Crippen molar-refractivity contribution in [1.82, 2.24) is 15.1 Å². The van der Waals surface area contributed by atoms with Crippen molar-refractivity contribution in [3.63, 3.8) is 0 Å². The van der Waals surface area contributed by atoms with Gasteiger partial charge in [-0.05, 0) is 12.8 Å². The van der Waals surface area contributed by atoms with Crippen LogP contribution in [0.25, 0.3) is 0 Å². The lowest BCUT2D eigenvalue weighted by atomic mass is 10.1. The van der Waals surface area contributed by atoms with E-state index in [1.54, 1.807) is 0 Å². The molecular weight excluding hydrogens is 218 g/mol. The first kappa shape index (κ1) is 10.8. The van der Waals surface area contributed by atoms with Crippen molar-refractivity contribution in [1.29, 1.82) is 0 Å².